The summed E-state index contributed by atoms with van der Waals surface area (Å²) in [5.41, 5.74) is 1.10. The highest BCUT2D eigenvalue weighted by molar-refractivity contribution is 9.10. The van der Waals surface area contributed by atoms with Gasteiger partial charge in [0, 0.05) is 10.2 Å². The molecule has 2 N–H and O–H groups in total. The van der Waals surface area contributed by atoms with Crippen molar-refractivity contribution in [1.82, 2.24) is 0 Å². The second kappa shape index (κ2) is 6.41. The van der Waals surface area contributed by atoms with Crippen molar-refractivity contribution in [1.29, 1.82) is 0 Å². The summed E-state index contributed by atoms with van der Waals surface area (Å²) in [6, 6.07) is 8.36. The summed E-state index contributed by atoms with van der Waals surface area (Å²) in [6.45, 7) is 0.223. The van der Waals surface area contributed by atoms with Crippen LogP contribution in [-0.4, -0.2) is 17.8 Å². The normalized spacial score (nSPS) is 18.9. The Balaban J connectivity index is 1.96. The maximum absolute atomic E-state index is 9.52. The number of hydrogen-bond donors (Lipinski definition) is 2. The maximum atomic E-state index is 9.52. The van der Waals surface area contributed by atoms with Crippen LogP contribution in [0.3, 0.4) is 0 Å². The first-order valence-electron chi connectivity index (χ1n) is 6.42. The molecular formula is C14H20BrNO. The number of anilines is 1. The minimum Gasteiger partial charge on any atom is -0.394 e. The molecule has 1 unspecified atom stereocenters. The molecule has 0 aliphatic heterocycles. The minimum absolute atomic E-state index is 0.205. The first-order chi connectivity index (χ1) is 8.29. The Labute approximate surface area is 112 Å². The lowest BCUT2D eigenvalue weighted by Crippen LogP contribution is -2.33. The molecular weight excluding hydrogens is 278 g/mol. The van der Waals surface area contributed by atoms with Gasteiger partial charge in [0.1, 0.15) is 0 Å². The summed E-state index contributed by atoms with van der Waals surface area (Å²) >= 11 is 3.43. The monoisotopic (exact) mass is 297 g/mol. The summed E-state index contributed by atoms with van der Waals surface area (Å²) in [5.74, 6) is 0.623. The first-order valence-corrected chi connectivity index (χ1v) is 7.22. The third kappa shape index (κ3) is 3.71. The topological polar surface area (TPSA) is 32.3 Å². The molecule has 0 spiro atoms. The molecule has 0 radical (unpaired) electrons. The van der Waals surface area contributed by atoms with Gasteiger partial charge in [-0.3, -0.25) is 0 Å². The van der Waals surface area contributed by atoms with Crippen LogP contribution in [0.4, 0.5) is 5.69 Å². The Morgan fingerprint density at radius 1 is 1.18 bits per heavy atom. The van der Waals surface area contributed by atoms with E-state index in [4.69, 9.17) is 0 Å². The number of rotatable bonds is 4. The van der Waals surface area contributed by atoms with Gasteiger partial charge in [-0.1, -0.05) is 35.2 Å². The van der Waals surface area contributed by atoms with Crippen LogP contribution in [-0.2, 0) is 0 Å². The van der Waals surface area contributed by atoms with Crippen molar-refractivity contribution in [2.75, 3.05) is 11.9 Å². The van der Waals surface area contributed by atoms with Gasteiger partial charge in [0.05, 0.1) is 12.6 Å². The quantitative estimate of drug-likeness (QED) is 0.886. The average molecular weight is 298 g/mol. The number of hydrogen-bond acceptors (Lipinski definition) is 2. The largest absolute Gasteiger partial charge is 0.394 e. The summed E-state index contributed by atoms with van der Waals surface area (Å²) in [6.07, 6.45) is 6.46. The van der Waals surface area contributed by atoms with Crippen LogP contribution < -0.4 is 5.32 Å². The third-order valence-electron chi connectivity index (χ3n) is 3.61. The highest BCUT2D eigenvalue weighted by Crippen LogP contribution is 2.28. The molecule has 17 heavy (non-hydrogen) atoms. The van der Waals surface area contributed by atoms with Gasteiger partial charge in [0.2, 0.25) is 0 Å². The van der Waals surface area contributed by atoms with E-state index in [9.17, 15) is 5.11 Å². The molecule has 0 heterocycles. The Morgan fingerprint density at radius 3 is 2.41 bits per heavy atom. The Kier molecular flexibility index (Phi) is 4.86. The van der Waals surface area contributed by atoms with Gasteiger partial charge in [-0.2, -0.15) is 0 Å². The SMILES string of the molecule is OCC(Nc1ccc(Br)cc1)C1CCCCC1. The van der Waals surface area contributed by atoms with Crippen molar-refractivity contribution in [3.8, 4) is 0 Å². The predicted molar refractivity (Wildman–Crippen MR) is 75.2 cm³/mol. The summed E-state index contributed by atoms with van der Waals surface area (Å²) < 4.78 is 1.08. The first kappa shape index (κ1) is 12.9. The van der Waals surface area contributed by atoms with E-state index in [1.165, 1.54) is 32.1 Å². The minimum atomic E-state index is 0.205. The van der Waals surface area contributed by atoms with Gasteiger partial charge in [0.25, 0.3) is 0 Å². The van der Waals surface area contributed by atoms with E-state index in [-0.39, 0.29) is 12.6 Å². The van der Waals surface area contributed by atoms with Gasteiger partial charge in [0.15, 0.2) is 0 Å². The zero-order valence-electron chi connectivity index (χ0n) is 10.0. The Morgan fingerprint density at radius 2 is 1.82 bits per heavy atom. The van der Waals surface area contributed by atoms with Crippen molar-refractivity contribution in [2.24, 2.45) is 5.92 Å². The van der Waals surface area contributed by atoms with E-state index in [1.807, 2.05) is 12.1 Å². The van der Waals surface area contributed by atoms with Gasteiger partial charge in [-0.05, 0) is 43.0 Å². The van der Waals surface area contributed by atoms with Crippen LogP contribution in [0.2, 0.25) is 0 Å². The van der Waals surface area contributed by atoms with Crippen LogP contribution in [0.1, 0.15) is 32.1 Å². The molecule has 0 bridgehead atoms. The van der Waals surface area contributed by atoms with Gasteiger partial charge < -0.3 is 10.4 Å². The highest BCUT2D eigenvalue weighted by Gasteiger charge is 2.22. The smallest absolute Gasteiger partial charge is 0.0635 e. The fourth-order valence-electron chi connectivity index (χ4n) is 2.61. The molecule has 0 amide bonds. The van der Waals surface area contributed by atoms with E-state index in [0.717, 1.165) is 10.2 Å². The van der Waals surface area contributed by atoms with Gasteiger partial charge in [-0.25, -0.2) is 0 Å². The van der Waals surface area contributed by atoms with Crippen LogP contribution in [0, 0.1) is 5.92 Å². The zero-order valence-corrected chi connectivity index (χ0v) is 11.6. The molecule has 1 saturated carbocycles. The molecule has 0 aromatic heterocycles. The molecule has 2 nitrogen and oxygen atoms in total. The van der Waals surface area contributed by atoms with Crippen LogP contribution in [0.25, 0.3) is 0 Å². The average Bonchev–Trinajstić information content (AvgIpc) is 2.39. The summed E-state index contributed by atoms with van der Waals surface area (Å²) in [7, 11) is 0. The van der Waals surface area contributed by atoms with E-state index in [1.54, 1.807) is 0 Å². The maximum Gasteiger partial charge on any atom is 0.0635 e. The molecule has 1 fully saturated rings. The van der Waals surface area contributed by atoms with Crippen molar-refractivity contribution in [3.05, 3.63) is 28.7 Å². The van der Waals surface area contributed by atoms with Crippen LogP contribution in [0.15, 0.2) is 28.7 Å². The molecule has 0 saturated heterocycles. The van der Waals surface area contributed by atoms with E-state index < -0.39 is 0 Å². The Bertz CT molecular complexity index is 333. The second-order valence-electron chi connectivity index (χ2n) is 4.84. The lowest BCUT2D eigenvalue weighted by molar-refractivity contribution is 0.209. The molecule has 3 heteroatoms. The summed E-state index contributed by atoms with van der Waals surface area (Å²) in [5, 5.41) is 13.0. The molecule has 1 aromatic carbocycles. The van der Waals surface area contributed by atoms with Crippen molar-refractivity contribution >= 4 is 21.6 Å². The predicted octanol–water partition coefficient (Wildman–Crippen LogP) is 3.80. The van der Waals surface area contributed by atoms with E-state index in [0.29, 0.717) is 5.92 Å². The van der Waals surface area contributed by atoms with Crippen molar-refractivity contribution in [3.63, 3.8) is 0 Å². The number of nitrogens with one attached hydrogen (secondary N) is 1. The molecule has 94 valence electrons. The Hall–Kier alpha value is -0.540. The third-order valence-corrected chi connectivity index (χ3v) is 4.14. The van der Waals surface area contributed by atoms with Crippen molar-refractivity contribution in [2.45, 2.75) is 38.1 Å². The fourth-order valence-corrected chi connectivity index (χ4v) is 2.87. The second-order valence-corrected chi connectivity index (χ2v) is 5.75. The fraction of sp³-hybridized carbons (Fsp3) is 0.571. The number of halogens is 1. The molecule has 1 aromatic rings. The number of aliphatic hydroxyl groups is 1. The van der Waals surface area contributed by atoms with E-state index in [2.05, 4.69) is 33.4 Å². The van der Waals surface area contributed by atoms with Gasteiger partial charge >= 0.3 is 0 Å². The van der Waals surface area contributed by atoms with Crippen LogP contribution >= 0.6 is 15.9 Å². The number of benzene rings is 1. The molecule has 2 rings (SSSR count). The standard InChI is InChI=1S/C14H20BrNO/c15-12-6-8-13(9-7-12)16-14(10-17)11-4-2-1-3-5-11/h6-9,11,14,16-17H,1-5,10H2. The molecule has 1 aliphatic carbocycles. The zero-order chi connectivity index (χ0) is 12.1. The lowest BCUT2D eigenvalue weighted by atomic mass is 9.84. The lowest BCUT2D eigenvalue weighted by Gasteiger charge is -2.30. The number of aliphatic hydroxyl groups excluding tert-OH is 1. The molecule has 1 aliphatic rings. The molecule has 1 atom stereocenters. The summed E-state index contributed by atoms with van der Waals surface area (Å²) in [4.78, 5) is 0. The van der Waals surface area contributed by atoms with E-state index >= 15 is 0 Å². The van der Waals surface area contributed by atoms with Crippen LogP contribution in [0.5, 0.6) is 0 Å². The van der Waals surface area contributed by atoms with Gasteiger partial charge in [-0.15, -0.1) is 0 Å². The highest BCUT2D eigenvalue weighted by atomic mass is 79.9. The van der Waals surface area contributed by atoms with Crippen molar-refractivity contribution < 1.29 is 5.11 Å².